The van der Waals surface area contributed by atoms with Crippen molar-refractivity contribution in [3.8, 4) is 0 Å². The molecule has 5 heteroatoms. The summed E-state index contributed by atoms with van der Waals surface area (Å²) in [6, 6.07) is 2.70. The largest absolute Gasteiger partial charge is 0.391 e. The zero-order valence-electron chi connectivity index (χ0n) is 10.1. The van der Waals surface area contributed by atoms with E-state index in [4.69, 9.17) is 5.73 Å². The van der Waals surface area contributed by atoms with E-state index in [2.05, 4.69) is 0 Å². The third kappa shape index (κ3) is 3.91. The van der Waals surface area contributed by atoms with Gasteiger partial charge in [0.1, 0.15) is 0 Å². The van der Waals surface area contributed by atoms with E-state index in [1.807, 2.05) is 20.8 Å². The minimum atomic E-state index is -0.950. The first-order valence-electron chi connectivity index (χ1n) is 5.12. The molecule has 2 atom stereocenters. The molecule has 0 bridgehead atoms. The zero-order valence-corrected chi connectivity index (χ0v) is 10.9. The Balaban J connectivity index is 0.00000256. The van der Waals surface area contributed by atoms with E-state index in [0.717, 1.165) is 12.1 Å². The van der Waals surface area contributed by atoms with Crippen molar-refractivity contribution in [2.45, 2.75) is 32.9 Å². The molecule has 0 radical (unpaired) electrons. The maximum Gasteiger partial charge on any atom is 0.159 e. The average molecular weight is 266 g/mol. The first kappa shape index (κ1) is 16.3. The van der Waals surface area contributed by atoms with Crippen LogP contribution in [-0.4, -0.2) is 11.2 Å². The van der Waals surface area contributed by atoms with Gasteiger partial charge in [0.25, 0.3) is 0 Å². The van der Waals surface area contributed by atoms with Gasteiger partial charge in [-0.15, -0.1) is 12.4 Å². The van der Waals surface area contributed by atoms with E-state index >= 15 is 0 Å². The fraction of sp³-hybridized carbons (Fsp3) is 0.500. The van der Waals surface area contributed by atoms with Gasteiger partial charge in [0.05, 0.1) is 12.1 Å². The first-order valence-corrected chi connectivity index (χ1v) is 5.12. The molecule has 0 amide bonds. The summed E-state index contributed by atoms with van der Waals surface area (Å²) < 4.78 is 25.7. The zero-order chi connectivity index (χ0) is 12.5. The predicted octanol–water partition coefficient (Wildman–Crippen LogP) is 2.79. The van der Waals surface area contributed by atoms with Gasteiger partial charge >= 0.3 is 0 Å². The fourth-order valence-corrected chi connectivity index (χ4v) is 1.44. The predicted molar refractivity (Wildman–Crippen MR) is 66.0 cm³/mol. The lowest BCUT2D eigenvalue weighted by Gasteiger charge is -2.31. The minimum absolute atomic E-state index is 0. The molecule has 98 valence electrons. The van der Waals surface area contributed by atoms with Crippen molar-refractivity contribution in [2.24, 2.45) is 11.1 Å². The lowest BCUT2D eigenvalue weighted by molar-refractivity contribution is 0.0400. The Hall–Kier alpha value is -0.710. The number of aliphatic hydroxyl groups excluding tert-OH is 1. The van der Waals surface area contributed by atoms with Crippen LogP contribution in [0, 0.1) is 17.0 Å². The topological polar surface area (TPSA) is 46.2 Å². The Bertz CT molecular complexity index is 379. The number of aliphatic hydroxyl groups is 1. The molecule has 0 unspecified atom stereocenters. The van der Waals surface area contributed by atoms with Crippen molar-refractivity contribution in [3.63, 3.8) is 0 Å². The third-order valence-electron chi connectivity index (χ3n) is 2.56. The molecule has 0 fully saturated rings. The van der Waals surface area contributed by atoms with Crippen LogP contribution in [0.1, 0.15) is 32.4 Å². The smallest absolute Gasteiger partial charge is 0.159 e. The van der Waals surface area contributed by atoms with Crippen molar-refractivity contribution in [1.82, 2.24) is 0 Å². The molecule has 0 aliphatic rings. The van der Waals surface area contributed by atoms with Crippen LogP contribution in [0.2, 0.25) is 0 Å². The van der Waals surface area contributed by atoms with Gasteiger partial charge < -0.3 is 10.8 Å². The lowest BCUT2D eigenvalue weighted by atomic mass is 9.82. The van der Waals surface area contributed by atoms with E-state index in [1.165, 1.54) is 6.07 Å². The molecule has 1 aromatic carbocycles. The van der Waals surface area contributed by atoms with Crippen LogP contribution in [0.3, 0.4) is 0 Å². The summed E-state index contributed by atoms with van der Waals surface area (Å²) in [5.41, 5.74) is 5.78. The van der Waals surface area contributed by atoms with Gasteiger partial charge in [-0.3, -0.25) is 0 Å². The second-order valence-electron chi connectivity index (χ2n) is 5.01. The number of hydrogen-bond acceptors (Lipinski definition) is 2. The van der Waals surface area contributed by atoms with Crippen LogP contribution >= 0.6 is 12.4 Å². The quantitative estimate of drug-likeness (QED) is 0.864. The molecular formula is C12H18ClF2NO. The number of rotatable bonds is 2. The summed E-state index contributed by atoms with van der Waals surface area (Å²) in [7, 11) is 0. The maximum absolute atomic E-state index is 13.0. The van der Waals surface area contributed by atoms with Gasteiger partial charge in [-0.25, -0.2) is 8.78 Å². The summed E-state index contributed by atoms with van der Waals surface area (Å²) in [5.74, 6) is -1.87. The van der Waals surface area contributed by atoms with Crippen molar-refractivity contribution in [2.75, 3.05) is 0 Å². The molecule has 0 saturated heterocycles. The SMILES string of the molecule is CC(C)(C)[C@@H](O)[C@@H](N)c1ccc(F)c(F)c1.Cl. The second kappa shape index (κ2) is 5.76. The molecule has 3 N–H and O–H groups in total. The van der Waals surface area contributed by atoms with Crippen LogP contribution in [0.4, 0.5) is 8.78 Å². The summed E-state index contributed by atoms with van der Waals surface area (Å²) >= 11 is 0. The highest BCUT2D eigenvalue weighted by molar-refractivity contribution is 5.85. The summed E-state index contributed by atoms with van der Waals surface area (Å²) in [5, 5.41) is 9.93. The van der Waals surface area contributed by atoms with Gasteiger partial charge in [-0.2, -0.15) is 0 Å². The highest BCUT2D eigenvalue weighted by Crippen LogP contribution is 2.28. The van der Waals surface area contributed by atoms with Gasteiger partial charge in [-0.1, -0.05) is 26.8 Å². The molecule has 1 rings (SSSR count). The molecule has 0 aliphatic carbocycles. The van der Waals surface area contributed by atoms with E-state index in [1.54, 1.807) is 0 Å². The molecule has 0 saturated carbocycles. The molecule has 2 nitrogen and oxygen atoms in total. The minimum Gasteiger partial charge on any atom is -0.391 e. The lowest BCUT2D eigenvalue weighted by Crippen LogP contribution is -2.37. The average Bonchev–Trinajstić information content (AvgIpc) is 2.18. The monoisotopic (exact) mass is 265 g/mol. The standard InChI is InChI=1S/C12H17F2NO.ClH/c1-12(2,3)11(16)10(15)7-4-5-8(13)9(14)6-7;/h4-6,10-11,16H,15H2,1-3H3;1H/t10-,11-;/m0./s1. The van der Waals surface area contributed by atoms with Gasteiger partial charge in [0, 0.05) is 0 Å². The second-order valence-corrected chi connectivity index (χ2v) is 5.01. The number of benzene rings is 1. The van der Waals surface area contributed by atoms with E-state index in [9.17, 15) is 13.9 Å². The van der Waals surface area contributed by atoms with Crippen molar-refractivity contribution >= 4 is 12.4 Å². The van der Waals surface area contributed by atoms with Gasteiger partial charge in [0.2, 0.25) is 0 Å². The van der Waals surface area contributed by atoms with Gasteiger partial charge in [0.15, 0.2) is 11.6 Å². The molecule has 0 aromatic heterocycles. The molecule has 0 heterocycles. The molecular weight excluding hydrogens is 248 g/mol. The molecule has 0 spiro atoms. The summed E-state index contributed by atoms with van der Waals surface area (Å²) in [4.78, 5) is 0. The van der Waals surface area contributed by atoms with Crippen LogP contribution in [0.15, 0.2) is 18.2 Å². The van der Waals surface area contributed by atoms with Crippen molar-refractivity contribution in [1.29, 1.82) is 0 Å². The number of hydrogen-bond donors (Lipinski definition) is 2. The Labute approximate surface area is 106 Å². The molecule has 17 heavy (non-hydrogen) atoms. The summed E-state index contributed by atoms with van der Waals surface area (Å²) in [6.07, 6.45) is -0.822. The van der Waals surface area contributed by atoms with Crippen molar-refractivity contribution in [3.05, 3.63) is 35.4 Å². The Kier molecular flexibility index (Phi) is 5.52. The third-order valence-corrected chi connectivity index (χ3v) is 2.56. The van der Waals surface area contributed by atoms with E-state index in [-0.39, 0.29) is 12.4 Å². The highest BCUT2D eigenvalue weighted by Gasteiger charge is 2.29. The highest BCUT2D eigenvalue weighted by atomic mass is 35.5. The Morgan fingerprint density at radius 1 is 1.18 bits per heavy atom. The Morgan fingerprint density at radius 2 is 1.71 bits per heavy atom. The number of nitrogens with two attached hydrogens (primary N) is 1. The van der Waals surface area contributed by atoms with E-state index in [0.29, 0.717) is 5.56 Å². The van der Waals surface area contributed by atoms with Crippen LogP contribution < -0.4 is 5.73 Å². The normalized spacial score (nSPS) is 15.0. The first-order chi connectivity index (χ1) is 7.23. The molecule has 0 aliphatic heterocycles. The molecule has 1 aromatic rings. The number of halogens is 3. The van der Waals surface area contributed by atoms with Crippen LogP contribution in [0.5, 0.6) is 0 Å². The van der Waals surface area contributed by atoms with Crippen LogP contribution in [0.25, 0.3) is 0 Å². The van der Waals surface area contributed by atoms with E-state index < -0.39 is 29.2 Å². The fourth-order valence-electron chi connectivity index (χ4n) is 1.44. The summed E-state index contributed by atoms with van der Waals surface area (Å²) in [6.45, 7) is 5.49. The maximum atomic E-state index is 13.0. The van der Waals surface area contributed by atoms with Crippen molar-refractivity contribution < 1.29 is 13.9 Å². The van der Waals surface area contributed by atoms with Gasteiger partial charge in [-0.05, 0) is 23.1 Å². The Morgan fingerprint density at radius 3 is 2.12 bits per heavy atom. The van der Waals surface area contributed by atoms with Crippen LogP contribution in [-0.2, 0) is 0 Å².